The number of hydrogen-bond acceptors (Lipinski definition) is 4. The number of carbonyl (C=O) groups excluding carboxylic acids is 1. The number of nitrogens with zero attached hydrogens (tertiary/aromatic N) is 1. The van der Waals surface area contributed by atoms with Gasteiger partial charge in [-0.2, -0.15) is 0 Å². The van der Waals surface area contributed by atoms with E-state index >= 15 is 0 Å². The number of hydrogen-bond donors (Lipinski definition) is 2. The summed E-state index contributed by atoms with van der Waals surface area (Å²) in [6.07, 6.45) is 3.23. The minimum atomic E-state index is -0.187. The van der Waals surface area contributed by atoms with Crippen LogP contribution in [0.3, 0.4) is 0 Å². The molecule has 6 heteroatoms. The number of nitrogens with one attached hydrogen (secondary N) is 2. The van der Waals surface area contributed by atoms with Crippen molar-refractivity contribution in [3.8, 4) is 0 Å². The van der Waals surface area contributed by atoms with Gasteiger partial charge in [-0.1, -0.05) is 6.92 Å². The summed E-state index contributed by atoms with van der Waals surface area (Å²) in [6, 6.07) is 3.47. The molecule has 0 spiro atoms. The van der Waals surface area contributed by atoms with Gasteiger partial charge >= 0.3 is 6.03 Å². The van der Waals surface area contributed by atoms with Crippen molar-refractivity contribution in [2.75, 3.05) is 0 Å². The number of rotatable bonds is 6. The van der Waals surface area contributed by atoms with Gasteiger partial charge < -0.3 is 15.1 Å². The lowest BCUT2D eigenvalue weighted by molar-refractivity contribution is 0.234. The third-order valence-electron chi connectivity index (χ3n) is 3.13. The fraction of sp³-hybridized carbons (Fsp3) is 0.467. The molecule has 0 unspecified atom stereocenters. The minimum Gasteiger partial charge on any atom is -0.469 e. The summed E-state index contributed by atoms with van der Waals surface area (Å²) in [5, 5.41) is 8.90. The first-order valence-electron chi connectivity index (χ1n) is 7.12. The lowest BCUT2D eigenvalue weighted by Crippen LogP contribution is -2.42. The van der Waals surface area contributed by atoms with Crippen LogP contribution in [0.2, 0.25) is 0 Å². The molecule has 21 heavy (non-hydrogen) atoms. The van der Waals surface area contributed by atoms with E-state index in [9.17, 15) is 4.79 Å². The van der Waals surface area contributed by atoms with Gasteiger partial charge in [-0.25, -0.2) is 9.78 Å². The Hall–Kier alpha value is -1.82. The second kappa shape index (κ2) is 7.26. The maximum absolute atomic E-state index is 12.0. The number of furan rings is 1. The summed E-state index contributed by atoms with van der Waals surface area (Å²) in [4.78, 5) is 16.4. The van der Waals surface area contributed by atoms with Gasteiger partial charge in [-0.3, -0.25) is 0 Å². The van der Waals surface area contributed by atoms with Crippen LogP contribution in [0.4, 0.5) is 4.79 Å². The summed E-state index contributed by atoms with van der Waals surface area (Å²) >= 11 is 1.63. The number of aromatic nitrogens is 1. The molecule has 0 saturated carbocycles. The van der Waals surface area contributed by atoms with Gasteiger partial charge in [0.2, 0.25) is 0 Å². The molecular weight excluding hydrogens is 286 g/mol. The van der Waals surface area contributed by atoms with Crippen LogP contribution in [-0.4, -0.2) is 17.1 Å². The number of amides is 2. The van der Waals surface area contributed by atoms with E-state index in [4.69, 9.17) is 4.42 Å². The highest BCUT2D eigenvalue weighted by Crippen LogP contribution is 2.16. The highest BCUT2D eigenvalue weighted by atomic mass is 32.1. The zero-order valence-corrected chi connectivity index (χ0v) is 13.4. The summed E-state index contributed by atoms with van der Waals surface area (Å²) in [6.45, 7) is 5.96. The Morgan fingerprint density at radius 2 is 2.24 bits per heavy atom. The lowest BCUT2D eigenvalue weighted by atomic mass is 10.2. The van der Waals surface area contributed by atoms with Crippen LogP contribution in [0.15, 0.2) is 28.2 Å². The second-order valence-electron chi connectivity index (χ2n) is 5.04. The van der Waals surface area contributed by atoms with Crippen molar-refractivity contribution in [3.05, 3.63) is 40.2 Å². The molecule has 2 amide bonds. The first-order valence-corrected chi connectivity index (χ1v) is 8.00. The van der Waals surface area contributed by atoms with Crippen LogP contribution in [-0.2, 0) is 12.8 Å². The van der Waals surface area contributed by atoms with Gasteiger partial charge in [0, 0.05) is 17.8 Å². The van der Waals surface area contributed by atoms with E-state index in [1.807, 2.05) is 31.4 Å². The molecular formula is C15H21N3O2S. The Bertz CT molecular complexity index is 565. The molecule has 0 aliphatic carbocycles. The van der Waals surface area contributed by atoms with Gasteiger partial charge in [0.05, 0.1) is 23.0 Å². The van der Waals surface area contributed by atoms with Gasteiger partial charge in [0.1, 0.15) is 5.76 Å². The Balaban J connectivity index is 1.80. The van der Waals surface area contributed by atoms with E-state index in [1.165, 1.54) is 0 Å². The molecule has 114 valence electrons. The molecule has 2 aromatic rings. The smallest absolute Gasteiger partial charge is 0.315 e. The molecule has 2 rings (SSSR count). The highest BCUT2D eigenvalue weighted by Gasteiger charge is 2.14. The van der Waals surface area contributed by atoms with Crippen molar-refractivity contribution in [2.24, 2.45) is 0 Å². The monoisotopic (exact) mass is 307 g/mol. The quantitative estimate of drug-likeness (QED) is 0.860. The maximum atomic E-state index is 12.0. The van der Waals surface area contributed by atoms with Gasteiger partial charge in [-0.05, 0) is 32.4 Å². The van der Waals surface area contributed by atoms with Gasteiger partial charge in [0.25, 0.3) is 0 Å². The number of carbonyl (C=O) groups is 1. The third-order valence-corrected chi connectivity index (χ3v) is 4.14. The van der Waals surface area contributed by atoms with Crippen molar-refractivity contribution >= 4 is 17.4 Å². The molecule has 0 aliphatic rings. The normalized spacial score (nSPS) is 13.7. The number of thiazole rings is 1. The zero-order chi connectivity index (χ0) is 15.2. The van der Waals surface area contributed by atoms with Crippen molar-refractivity contribution in [2.45, 2.75) is 45.7 Å². The molecule has 0 saturated heterocycles. The number of urea groups is 1. The summed E-state index contributed by atoms with van der Waals surface area (Å²) in [7, 11) is 0. The first-order chi connectivity index (χ1) is 10.1. The Kier molecular flexibility index (Phi) is 5.38. The molecule has 2 aromatic heterocycles. The molecule has 2 atom stereocenters. The fourth-order valence-corrected chi connectivity index (χ4v) is 2.84. The molecule has 0 aromatic carbocycles. The summed E-state index contributed by atoms with van der Waals surface area (Å²) in [5.41, 5.74) is 0.908. The van der Waals surface area contributed by atoms with Crippen molar-refractivity contribution in [1.29, 1.82) is 0 Å². The molecule has 0 radical (unpaired) electrons. The summed E-state index contributed by atoms with van der Waals surface area (Å²) < 4.78 is 5.27. The van der Waals surface area contributed by atoms with Crippen LogP contribution in [0.1, 0.15) is 43.3 Å². The van der Waals surface area contributed by atoms with Crippen LogP contribution in [0.5, 0.6) is 0 Å². The van der Waals surface area contributed by atoms with Crippen LogP contribution in [0.25, 0.3) is 0 Å². The Morgan fingerprint density at radius 1 is 1.43 bits per heavy atom. The largest absolute Gasteiger partial charge is 0.469 e. The SMILES string of the molecule is CCc1nc([C@H](C)NC(=O)N[C@@H](C)Cc2ccco2)cs1. The van der Waals surface area contributed by atoms with E-state index < -0.39 is 0 Å². The van der Waals surface area contributed by atoms with Crippen molar-refractivity contribution in [3.63, 3.8) is 0 Å². The topological polar surface area (TPSA) is 67.2 Å². The molecule has 5 nitrogen and oxygen atoms in total. The van der Waals surface area contributed by atoms with E-state index in [-0.39, 0.29) is 18.1 Å². The average molecular weight is 307 g/mol. The van der Waals surface area contributed by atoms with Crippen molar-refractivity contribution < 1.29 is 9.21 Å². The molecule has 2 N–H and O–H groups in total. The zero-order valence-electron chi connectivity index (χ0n) is 12.6. The fourth-order valence-electron chi connectivity index (χ4n) is 2.00. The van der Waals surface area contributed by atoms with E-state index in [0.29, 0.717) is 6.42 Å². The third kappa shape index (κ3) is 4.60. The highest BCUT2D eigenvalue weighted by molar-refractivity contribution is 7.09. The van der Waals surface area contributed by atoms with E-state index in [2.05, 4.69) is 22.5 Å². The lowest BCUT2D eigenvalue weighted by Gasteiger charge is -2.16. The predicted octanol–water partition coefficient (Wildman–Crippen LogP) is 3.29. The van der Waals surface area contributed by atoms with Crippen LogP contribution >= 0.6 is 11.3 Å². The number of aryl methyl sites for hydroxylation is 1. The van der Waals surface area contributed by atoms with Crippen molar-refractivity contribution in [1.82, 2.24) is 15.6 Å². The standard InChI is InChI=1S/C15H21N3O2S/c1-4-14-18-13(9-21-14)11(3)17-15(19)16-10(2)8-12-6-5-7-20-12/h5-7,9-11H,4,8H2,1-3H3,(H2,16,17,19)/t10-,11-/m0/s1. The van der Waals surface area contributed by atoms with E-state index in [0.717, 1.165) is 22.9 Å². The molecule has 0 bridgehead atoms. The van der Waals surface area contributed by atoms with Crippen LogP contribution in [0, 0.1) is 0 Å². The molecule has 0 aliphatic heterocycles. The molecule has 2 heterocycles. The molecule has 0 fully saturated rings. The Morgan fingerprint density at radius 3 is 2.86 bits per heavy atom. The Labute approximate surface area is 128 Å². The van der Waals surface area contributed by atoms with Gasteiger partial charge in [-0.15, -0.1) is 11.3 Å². The average Bonchev–Trinajstić information content (AvgIpc) is 3.08. The predicted molar refractivity (Wildman–Crippen MR) is 83.4 cm³/mol. The first kappa shape index (κ1) is 15.6. The van der Waals surface area contributed by atoms with Crippen LogP contribution < -0.4 is 10.6 Å². The second-order valence-corrected chi connectivity index (χ2v) is 5.99. The maximum Gasteiger partial charge on any atom is 0.315 e. The van der Waals surface area contributed by atoms with E-state index in [1.54, 1.807) is 17.6 Å². The minimum absolute atomic E-state index is 0.00462. The van der Waals surface area contributed by atoms with Gasteiger partial charge in [0.15, 0.2) is 0 Å². The summed E-state index contributed by atoms with van der Waals surface area (Å²) in [5.74, 6) is 0.864.